The lowest BCUT2D eigenvalue weighted by atomic mass is 10.1. The molecule has 24 heavy (non-hydrogen) atoms. The predicted molar refractivity (Wildman–Crippen MR) is 85.4 cm³/mol. The third-order valence-electron chi connectivity index (χ3n) is 3.44. The fourth-order valence-electron chi connectivity index (χ4n) is 2.20. The van der Waals surface area contributed by atoms with Crippen molar-refractivity contribution in [2.75, 3.05) is 5.32 Å². The smallest absolute Gasteiger partial charge is 0.230 e. The molecule has 3 aromatic rings. The van der Waals surface area contributed by atoms with Crippen LogP contribution in [-0.2, 0) is 11.2 Å². The zero-order valence-electron chi connectivity index (χ0n) is 12.8. The molecule has 0 unspecified atom stereocenters. The van der Waals surface area contributed by atoms with E-state index in [-0.39, 0.29) is 12.1 Å². The molecule has 0 saturated carbocycles. The van der Waals surface area contributed by atoms with Crippen molar-refractivity contribution in [1.82, 2.24) is 5.16 Å². The van der Waals surface area contributed by atoms with Crippen LogP contribution in [0.3, 0.4) is 0 Å². The number of carbonyl (C=O) groups excluding carboxylic acids is 1. The molecule has 0 aliphatic heterocycles. The fourth-order valence-corrected chi connectivity index (χ4v) is 2.20. The van der Waals surface area contributed by atoms with E-state index < -0.39 is 17.5 Å². The summed E-state index contributed by atoms with van der Waals surface area (Å²) in [4.78, 5) is 12.0. The standard InChI is InChI=1S/C18H14F2N2O2/c1-11-2-4-12(5-3-11)17-9-14(22-24-17)10-18(23)21-16-7-6-13(19)8-15(16)20/h2-9H,10H2,1H3,(H,21,23). The summed E-state index contributed by atoms with van der Waals surface area (Å²) in [5, 5.41) is 6.22. The van der Waals surface area contributed by atoms with Crippen molar-refractivity contribution < 1.29 is 18.1 Å². The van der Waals surface area contributed by atoms with E-state index in [0.29, 0.717) is 17.5 Å². The van der Waals surface area contributed by atoms with Crippen LogP contribution in [0.15, 0.2) is 53.1 Å². The molecule has 3 rings (SSSR count). The van der Waals surface area contributed by atoms with Crippen molar-refractivity contribution in [2.24, 2.45) is 0 Å². The molecule has 0 aliphatic rings. The minimum atomic E-state index is -0.830. The number of aromatic nitrogens is 1. The third-order valence-corrected chi connectivity index (χ3v) is 3.44. The van der Waals surface area contributed by atoms with Crippen molar-refractivity contribution in [2.45, 2.75) is 13.3 Å². The molecule has 0 aliphatic carbocycles. The van der Waals surface area contributed by atoms with Crippen LogP contribution in [0.4, 0.5) is 14.5 Å². The van der Waals surface area contributed by atoms with Crippen LogP contribution < -0.4 is 5.32 Å². The lowest BCUT2D eigenvalue weighted by Crippen LogP contribution is -2.15. The van der Waals surface area contributed by atoms with Gasteiger partial charge in [0.15, 0.2) is 5.76 Å². The number of hydrogen-bond donors (Lipinski definition) is 1. The summed E-state index contributed by atoms with van der Waals surface area (Å²) < 4.78 is 31.6. The molecule has 0 atom stereocenters. The number of nitrogens with one attached hydrogen (secondary N) is 1. The lowest BCUT2D eigenvalue weighted by molar-refractivity contribution is -0.115. The first-order valence-corrected chi connectivity index (χ1v) is 7.29. The zero-order valence-corrected chi connectivity index (χ0v) is 12.8. The van der Waals surface area contributed by atoms with Crippen molar-refractivity contribution >= 4 is 11.6 Å². The molecule has 2 aromatic carbocycles. The van der Waals surface area contributed by atoms with Gasteiger partial charge in [0.1, 0.15) is 11.6 Å². The Morgan fingerprint density at radius 2 is 1.88 bits per heavy atom. The van der Waals surface area contributed by atoms with Crippen LogP contribution in [0.25, 0.3) is 11.3 Å². The van der Waals surface area contributed by atoms with Crippen LogP contribution in [0, 0.1) is 18.6 Å². The van der Waals surface area contributed by atoms with Gasteiger partial charge in [-0.3, -0.25) is 4.79 Å². The largest absolute Gasteiger partial charge is 0.356 e. The number of nitrogens with zero attached hydrogens (tertiary/aromatic N) is 1. The molecule has 1 amide bonds. The molecule has 0 bridgehead atoms. The summed E-state index contributed by atoms with van der Waals surface area (Å²) in [6.45, 7) is 1.98. The Morgan fingerprint density at radius 3 is 2.58 bits per heavy atom. The summed E-state index contributed by atoms with van der Waals surface area (Å²) in [6.07, 6.45) is -0.0772. The summed E-state index contributed by atoms with van der Waals surface area (Å²) >= 11 is 0. The minimum Gasteiger partial charge on any atom is -0.356 e. The topological polar surface area (TPSA) is 55.1 Å². The van der Waals surface area contributed by atoms with E-state index in [9.17, 15) is 13.6 Å². The number of anilines is 1. The van der Waals surface area contributed by atoms with E-state index in [1.807, 2.05) is 31.2 Å². The quantitative estimate of drug-likeness (QED) is 0.784. The first-order valence-electron chi connectivity index (χ1n) is 7.29. The summed E-state index contributed by atoms with van der Waals surface area (Å²) in [6, 6.07) is 12.3. The fraction of sp³-hybridized carbons (Fsp3) is 0.111. The van der Waals surface area contributed by atoms with Gasteiger partial charge < -0.3 is 9.84 Å². The van der Waals surface area contributed by atoms with Crippen molar-refractivity contribution in [3.63, 3.8) is 0 Å². The number of aryl methyl sites for hydroxylation is 1. The molecule has 0 radical (unpaired) electrons. The second-order valence-corrected chi connectivity index (χ2v) is 5.40. The second-order valence-electron chi connectivity index (χ2n) is 5.40. The van der Waals surface area contributed by atoms with E-state index >= 15 is 0 Å². The van der Waals surface area contributed by atoms with Gasteiger partial charge in [0.2, 0.25) is 5.91 Å². The number of benzene rings is 2. The highest BCUT2D eigenvalue weighted by Crippen LogP contribution is 2.21. The van der Waals surface area contributed by atoms with E-state index in [1.165, 1.54) is 6.07 Å². The van der Waals surface area contributed by atoms with Crippen molar-refractivity contribution in [3.05, 3.63) is 71.4 Å². The number of carbonyl (C=O) groups is 1. The molecule has 0 saturated heterocycles. The highest BCUT2D eigenvalue weighted by molar-refractivity contribution is 5.92. The van der Waals surface area contributed by atoms with Crippen molar-refractivity contribution in [3.8, 4) is 11.3 Å². The normalized spacial score (nSPS) is 10.6. The maximum atomic E-state index is 13.5. The Hall–Kier alpha value is -3.02. The lowest BCUT2D eigenvalue weighted by Gasteiger charge is -2.04. The van der Waals surface area contributed by atoms with Gasteiger partial charge in [-0.1, -0.05) is 35.0 Å². The summed E-state index contributed by atoms with van der Waals surface area (Å²) in [5.74, 6) is -1.45. The average Bonchev–Trinajstić information content (AvgIpc) is 2.99. The molecule has 1 heterocycles. The molecular formula is C18H14F2N2O2. The third kappa shape index (κ3) is 3.65. The minimum absolute atomic E-state index is 0.0772. The highest BCUT2D eigenvalue weighted by Gasteiger charge is 2.13. The Bertz CT molecular complexity index is 873. The predicted octanol–water partition coefficient (Wildman–Crippen LogP) is 4.11. The maximum Gasteiger partial charge on any atom is 0.230 e. The maximum absolute atomic E-state index is 13.5. The van der Waals surface area contributed by atoms with Gasteiger partial charge >= 0.3 is 0 Å². The summed E-state index contributed by atoms with van der Waals surface area (Å²) in [7, 11) is 0. The van der Waals surface area contributed by atoms with Crippen LogP contribution in [0.5, 0.6) is 0 Å². The highest BCUT2D eigenvalue weighted by atomic mass is 19.1. The molecule has 122 valence electrons. The van der Waals surface area contributed by atoms with E-state index in [0.717, 1.165) is 17.2 Å². The van der Waals surface area contributed by atoms with E-state index in [4.69, 9.17) is 4.52 Å². The van der Waals surface area contributed by atoms with Gasteiger partial charge in [0.25, 0.3) is 0 Å². The molecule has 4 nitrogen and oxygen atoms in total. The zero-order chi connectivity index (χ0) is 17.1. The van der Waals surface area contributed by atoms with Gasteiger partial charge in [-0.25, -0.2) is 8.78 Å². The number of amides is 1. The molecule has 0 fully saturated rings. The first kappa shape index (κ1) is 15.9. The van der Waals surface area contributed by atoms with E-state index in [2.05, 4.69) is 10.5 Å². The van der Waals surface area contributed by atoms with Gasteiger partial charge in [-0.2, -0.15) is 0 Å². The molecule has 1 N–H and O–H groups in total. The number of rotatable bonds is 4. The Balaban J connectivity index is 1.68. The Labute approximate surface area is 137 Å². The second kappa shape index (κ2) is 6.62. The van der Waals surface area contributed by atoms with Gasteiger partial charge in [0, 0.05) is 17.7 Å². The molecule has 6 heteroatoms. The van der Waals surface area contributed by atoms with Gasteiger partial charge in [-0.15, -0.1) is 0 Å². The summed E-state index contributed by atoms with van der Waals surface area (Å²) in [5.41, 5.74) is 2.32. The molecule has 0 spiro atoms. The van der Waals surface area contributed by atoms with Crippen LogP contribution >= 0.6 is 0 Å². The average molecular weight is 328 g/mol. The first-order chi connectivity index (χ1) is 11.5. The van der Waals surface area contributed by atoms with E-state index in [1.54, 1.807) is 6.07 Å². The van der Waals surface area contributed by atoms with Crippen LogP contribution in [0.2, 0.25) is 0 Å². The Kier molecular flexibility index (Phi) is 4.37. The number of hydrogen-bond acceptors (Lipinski definition) is 3. The number of halogens is 2. The van der Waals surface area contributed by atoms with Crippen LogP contribution in [0.1, 0.15) is 11.3 Å². The molecule has 1 aromatic heterocycles. The van der Waals surface area contributed by atoms with Crippen LogP contribution in [-0.4, -0.2) is 11.1 Å². The monoisotopic (exact) mass is 328 g/mol. The van der Waals surface area contributed by atoms with Crippen molar-refractivity contribution in [1.29, 1.82) is 0 Å². The van der Waals surface area contributed by atoms with Gasteiger partial charge in [-0.05, 0) is 19.1 Å². The Morgan fingerprint density at radius 1 is 1.12 bits per heavy atom. The molecular weight excluding hydrogens is 314 g/mol. The van der Waals surface area contributed by atoms with Gasteiger partial charge in [0.05, 0.1) is 17.8 Å². The SMILES string of the molecule is Cc1ccc(-c2cc(CC(=O)Nc3ccc(F)cc3F)no2)cc1.